The van der Waals surface area contributed by atoms with Crippen molar-refractivity contribution in [3.05, 3.63) is 0 Å². The molecule has 0 aromatic carbocycles. The highest BCUT2D eigenvalue weighted by Gasteiger charge is 2.39. The van der Waals surface area contributed by atoms with Gasteiger partial charge < -0.3 is 15.1 Å². The predicted molar refractivity (Wildman–Crippen MR) is 79.5 cm³/mol. The highest BCUT2D eigenvalue weighted by molar-refractivity contribution is 4.98. The molecular weight excluding hydrogens is 236 g/mol. The largest absolute Gasteiger partial charge is 0.311 e. The Kier molecular flexibility index (Phi) is 4.42. The summed E-state index contributed by atoms with van der Waals surface area (Å²) in [7, 11) is 4.33. The zero-order chi connectivity index (χ0) is 13.2. The van der Waals surface area contributed by atoms with Crippen molar-refractivity contribution in [2.24, 2.45) is 5.92 Å². The molecule has 3 fully saturated rings. The zero-order valence-corrected chi connectivity index (χ0v) is 12.6. The second-order valence-corrected chi connectivity index (χ2v) is 6.99. The highest BCUT2D eigenvalue weighted by Crippen LogP contribution is 2.33. The van der Waals surface area contributed by atoms with Crippen LogP contribution in [0.5, 0.6) is 0 Å². The smallest absolute Gasteiger partial charge is 0.0111 e. The molecule has 3 aliphatic rings. The van der Waals surface area contributed by atoms with Crippen LogP contribution in [0.15, 0.2) is 0 Å². The maximum Gasteiger partial charge on any atom is 0.0111 e. The third kappa shape index (κ3) is 3.48. The van der Waals surface area contributed by atoms with Gasteiger partial charge in [0.2, 0.25) is 0 Å². The van der Waals surface area contributed by atoms with Gasteiger partial charge in [-0.2, -0.15) is 0 Å². The quantitative estimate of drug-likeness (QED) is 0.773. The van der Waals surface area contributed by atoms with E-state index >= 15 is 0 Å². The first-order valence-electron chi connectivity index (χ1n) is 8.06. The Morgan fingerprint density at radius 2 is 1.79 bits per heavy atom. The molecular formula is C15H30N4. The molecule has 0 aromatic heterocycles. The number of rotatable bonds is 5. The van der Waals surface area contributed by atoms with Crippen LogP contribution in [0.25, 0.3) is 0 Å². The fourth-order valence-corrected chi connectivity index (χ4v) is 4.01. The van der Waals surface area contributed by atoms with E-state index in [2.05, 4.69) is 34.1 Å². The molecule has 1 N–H and O–H groups in total. The van der Waals surface area contributed by atoms with E-state index in [0.29, 0.717) is 0 Å². The van der Waals surface area contributed by atoms with Crippen LogP contribution in [0.4, 0.5) is 0 Å². The van der Waals surface area contributed by atoms with Crippen LogP contribution in [0.2, 0.25) is 0 Å². The number of hydrogen-bond acceptors (Lipinski definition) is 4. The Balaban J connectivity index is 1.36. The van der Waals surface area contributed by atoms with E-state index in [9.17, 15) is 0 Å². The summed E-state index contributed by atoms with van der Waals surface area (Å²) in [6.07, 6.45) is 4.29. The minimum Gasteiger partial charge on any atom is -0.311 e. The molecule has 19 heavy (non-hydrogen) atoms. The molecule has 3 rings (SSSR count). The summed E-state index contributed by atoms with van der Waals surface area (Å²) in [6.45, 7) is 8.86. The first kappa shape index (κ1) is 13.8. The molecule has 3 unspecified atom stereocenters. The van der Waals surface area contributed by atoms with E-state index in [1.807, 2.05) is 0 Å². The van der Waals surface area contributed by atoms with E-state index in [4.69, 9.17) is 0 Å². The Bertz CT molecular complexity index is 286. The molecule has 2 bridgehead atoms. The second kappa shape index (κ2) is 6.08. The van der Waals surface area contributed by atoms with E-state index in [0.717, 1.165) is 18.0 Å². The summed E-state index contributed by atoms with van der Waals surface area (Å²) < 4.78 is 0. The standard InChI is InChI=1S/C15H30N4/c1-17(2)5-6-18-7-9-19(10-8-18)12-13-11-14-3-4-15(13)16-14/h13-16H,3-12H2,1-2H3. The molecule has 3 aliphatic heterocycles. The van der Waals surface area contributed by atoms with Crippen LogP contribution < -0.4 is 5.32 Å². The van der Waals surface area contributed by atoms with Gasteiger partial charge in [0.1, 0.15) is 0 Å². The lowest BCUT2D eigenvalue weighted by Crippen LogP contribution is -2.49. The lowest BCUT2D eigenvalue weighted by atomic mass is 9.88. The summed E-state index contributed by atoms with van der Waals surface area (Å²) in [5, 5.41) is 3.77. The van der Waals surface area contributed by atoms with Gasteiger partial charge in [0, 0.05) is 57.9 Å². The molecule has 4 nitrogen and oxygen atoms in total. The molecule has 0 amide bonds. The highest BCUT2D eigenvalue weighted by atomic mass is 15.3. The molecule has 0 saturated carbocycles. The van der Waals surface area contributed by atoms with Crippen LogP contribution in [-0.4, -0.2) is 86.7 Å². The van der Waals surface area contributed by atoms with E-state index in [1.54, 1.807) is 0 Å². The number of hydrogen-bond donors (Lipinski definition) is 1. The fourth-order valence-electron chi connectivity index (χ4n) is 4.01. The maximum atomic E-state index is 3.77. The van der Waals surface area contributed by atoms with Crippen molar-refractivity contribution in [3.63, 3.8) is 0 Å². The summed E-state index contributed by atoms with van der Waals surface area (Å²) >= 11 is 0. The molecule has 4 heteroatoms. The van der Waals surface area contributed by atoms with Crippen molar-refractivity contribution in [2.45, 2.75) is 31.3 Å². The minimum atomic E-state index is 0.844. The normalized spacial score (nSPS) is 36.5. The van der Waals surface area contributed by atoms with E-state index in [-0.39, 0.29) is 0 Å². The van der Waals surface area contributed by atoms with Crippen molar-refractivity contribution in [3.8, 4) is 0 Å². The molecule has 3 heterocycles. The monoisotopic (exact) mass is 266 g/mol. The fraction of sp³-hybridized carbons (Fsp3) is 1.00. The number of nitrogens with zero attached hydrogens (tertiary/aromatic N) is 3. The number of likely N-dealkylation sites (N-methyl/N-ethyl adjacent to an activating group) is 1. The van der Waals surface area contributed by atoms with Gasteiger partial charge in [0.15, 0.2) is 0 Å². The average molecular weight is 266 g/mol. The number of piperazine rings is 1. The summed E-state index contributed by atoms with van der Waals surface area (Å²) in [5.74, 6) is 0.937. The van der Waals surface area contributed by atoms with Gasteiger partial charge in [-0.05, 0) is 39.3 Å². The van der Waals surface area contributed by atoms with Gasteiger partial charge in [-0.1, -0.05) is 0 Å². The first-order valence-corrected chi connectivity index (χ1v) is 8.06. The molecule has 0 aromatic rings. The van der Waals surface area contributed by atoms with Gasteiger partial charge >= 0.3 is 0 Å². The Labute approximate surface area is 118 Å². The van der Waals surface area contributed by atoms with Gasteiger partial charge in [-0.25, -0.2) is 0 Å². The molecule has 3 saturated heterocycles. The average Bonchev–Trinajstić information content (AvgIpc) is 3.00. The van der Waals surface area contributed by atoms with Crippen LogP contribution in [-0.2, 0) is 0 Å². The third-order valence-electron chi connectivity index (χ3n) is 5.25. The first-order chi connectivity index (χ1) is 9.20. The zero-order valence-electron chi connectivity index (χ0n) is 12.6. The van der Waals surface area contributed by atoms with Crippen molar-refractivity contribution in [1.82, 2.24) is 20.0 Å². The van der Waals surface area contributed by atoms with Gasteiger partial charge in [0.05, 0.1) is 0 Å². The Hall–Kier alpha value is -0.160. The maximum absolute atomic E-state index is 3.77. The van der Waals surface area contributed by atoms with Crippen LogP contribution in [0.1, 0.15) is 19.3 Å². The summed E-state index contributed by atoms with van der Waals surface area (Å²) in [5.41, 5.74) is 0. The topological polar surface area (TPSA) is 21.8 Å². The summed E-state index contributed by atoms with van der Waals surface area (Å²) in [4.78, 5) is 7.61. The third-order valence-corrected chi connectivity index (χ3v) is 5.25. The second-order valence-electron chi connectivity index (χ2n) is 6.99. The molecule has 0 spiro atoms. The van der Waals surface area contributed by atoms with Crippen LogP contribution in [0, 0.1) is 5.92 Å². The SMILES string of the molecule is CN(C)CCN1CCN(CC2CC3CCC2N3)CC1. The van der Waals surface area contributed by atoms with E-state index < -0.39 is 0 Å². The molecule has 110 valence electrons. The molecule has 0 aliphatic carbocycles. The lowest BCUT2D eigenvalue weighted by Gasteiger charge is -2.37. The van der Waals surface area contributed by atoms with Crippen molar-refractivity contribution in [1.29, 1.82) is 0 Å². The number of fused-ring (bicyclic) bond motifs is 2. The molecule has 0 radical (unpaired) electrons. The minimum absolute atomic E-state index is 0.844. The van der Waals surface area contributed by atoms with Crippen molar-refractivity contribution in [2.75, 3.05) is 59.9 Å². The van der Waals surface area contributed by atoms with Gasteiger partial charge in [-0.3, -0.25) is 4.90 Å². The van der Waals surface area contributed by atoms with Gasteiger partial charge in [-0.15, -0.1) is 0 Å². The summed E-state index contributed by atoms with van der Waals surface area (Å²) in [6, 6.07) is 1.70. The number of nitrogens with one attached hydrogen (secondary N) is 1. The van der Waals surface area contributed by atoms with Crippen molar-refractivity contribution >= 4 is 0 Å². The predicted octanol–water partition coefficient (Wildman–Crippen LogP) is 0.306. The van der Waals surface area contributed by atoms with Crippen LogP contribution >= 0.6 is 0 Å². The lowest BCUT2D eigenvalue weighted by molar-refractivity contribution is 0.107. The van der Waals surface area contributed by atoms with Gasteiger partial charge in [0.25, 0.3) is 0 Å². The Morgan fingerprint density at radius 3 is 2.37 bits per heavy atom. The Morgan fingerprint density at radius 1 is 1.05 bits per heavy atom. The van der Waals surface area contributed by atoms with E-state index in [1.165, 1.54) is 65.1 Å². The van der Waals surface area contributed by atoms with Crippen molar-refractivity contribution < 1.29 is 0 Å². The molecule has 3 atom stereocenters. The van der Waals surface area contributed by atoms with Crippen LogP contribution in [0.3, 0.4) is 0 Å².